The molecule has 1 aliphatic rings. The van der Waals surface area contributed by atoms with Crippen molar-refractivity contribution in [3.05, 3.63) is 77.5 Å². The number of hydrogen-bond donors (Lipinski definition) is 2. The average Bonchev–Trinajstić information content (AvgIpc) is 2.83. The van der Waals surface area contributed by atoms with E-state index in [1.54, 1.807) is 37.4 Å². The van der Waals surface area contributed by atoms with Crippen LogP contribution in [0.4, 0.5) is 5.69 Å². The van der Waals surface area contributed by atoms with Crippen LogP contribution in [0.1, 0.15) is 54.7 Å². The van der Waals surface area contributed by atoms with Gasteiger partial charge in [-0.2, -0.15) is 0 Å². The molecule has 2 N–H and O–H groups in total. The summed E-state index contributed by atoms with van der Waals surface area (Å²) in [6, 6.07) is 16.3. The van der Waals surface area contributed by atoms with Crippen LogP contribution in [0.15, 0.2) is 65.7 Å². The van der Waals surface area contributed by atoms with E-state index in [2.05, 4.69) is 21.9 Å². The van der Waals surface area contributed by atoms with E-state index in [1.165, 1.54) is 11.8 Å². The molecule has 178 valence electrons. The number of aryl methyl sites for hydroxylation is 1. The molecule has 0 saturated carbocycles. The lowest BCUT2D eigenvalue weighted by Crippen LogP contribution is -2.40. The van der Waals surface area contributed by atoms with Crippen molar-refractivity contribution in [3.63, 3.8) is 0 Å². The minimum absolute atomic E-state index is 0.291. The second-order valence-corrected chi connectivity index (χ2v) is 10.0. The number of anilines is 1. The zero-order chi connectivity index (χ0) is 24.3. The second-order valence-electron chi connectivity index (χ2n) is 8.80. The number of hydrogen-bond acceptors (Lipinski definition) is 5. The molecule has 1 aliphatic heterocycles. The molecule has 1 amide bonds. The van der Waals surface area contributed by atoms with Gasteiger partial charge in [0.05, 0.1) is 23.6 Å². The van der Waals surface area contributed by atoms with Crippen molar-refractivity contribution in [1.29, 1.82) is 0 Å². The summed E-state index contributed by atoms with van der Waals surface area (Å²) < 4.78 is 27.5. The van der Waals surface area contributed by atoms with E-state index in [0.29, 0.717) is 39.8 Å². The predicted octanol–water partition coefficient (Wildman–Crippen LogP) is 4.82. The molecule has 0 fully saturated rings. The smallest absolute Gasteiger partial charge is 0.257 e. The van der Waals surface area contributed by atoms with Gasteiger partial charge in [-0.25, -0.2) is 13.9 Å². The predicted molar refractivity (Wildman–Crippen MR) is 133 cm³/mol. The van der Waals surface area contributed by atoms with E-state index in [-0.39, 0.29) is 11.9 Å². The van der Waals surface area contributed by atoms with Gasteiger partial charge in [0.15, 0.2) is 0 Å². The molecule has 34 heavy (non-hydrogen) atoms. The van der Waals surface area contributed by atoms with E-state index < -0.39 is 16.6 Å². The molecule has 0 bridgehead atoms. The molecule has 0 radical (unpaired) electrons. The summed E-state index contributed by atoms with van der Waals surface area (Å²) in [6.07, 6.45) is 3.00. The SMILES string of the molecule is CCc1ccc(S(=O)N[C@H]2CC(C)(C)Oc3ncc(C(=O)Nc4ccc(OC)cc4)cc32)cc1. The number of carbonyl (C=O) groups is 1. The summed E-state index contributed by atoms with van der Waals surface area (Å²) in [5, 5.41) is 2.87. The number of methoxy groups -OCH3 is 1. The van der Waals surface area contributed by atoms with Crippen LogP contribution in [0.3, 0.4) is 0 Å². The molecule has 2 heterocycles. The summed E-state index contributed by atoms with van der Waals surface area (Å²) in [7, 11) is 0.161. The summed E-state index contributed by atoms with van der Waals surface area (Å²) in [4.78, 5) is 18.0. The normalized spacial score (nSPS) is 17.2. The van der Waals surface area contributed by atoms with E-state index in [1.807, 2.05) is 38.1 Å². The van der Waals surface area contributed by atoms with E-state index in [9.17, 15) is 9.00 Å². The van der Waals surface area contributed by atoms with Crippen molar-refractivity contribution >= 4 is 22.6 Å². The summed E-state index contributed by atoms with van der Waals surface area (Å²) >= 11 is 0. The van der Waals surface area contributed by atoms with Gasteiger partial charge in [-0.15, -0.1) is 0 Å². The Hall–Kier alpha value is -3.23. The average molecular weight is 480 g/mol. The molecular formula is C26H29N3O4S. The molecule has 4 rings (SSSR count). The van der Waals surface area contributed by atoms with Crippen LogP contribution in [-0.2, 0) is 17.4 Å². The Morgan fingerprint density at radius 3 is 2.53 bits per heavy atom. The Bertz CT molecular complexity index is 1190. The molecular weight excluding hydrogens is 450 g/mol. The maximum atomic E-state index is 13.1. The summed E-state index contributed by atoms with van der Waals surface area (Å²) in [5.74, 6) is 0.855. The molecule has 8 heteroatoms. The van der Waals surface area contributed by atoms with Crippen LogP contribution >= 0.6 is 0 Å². The molecule has 2 aromatic carbocycles. The van der Waals surface area contributed by atoms with E-state index in [0.717, 1.165) is 6.42 Å². The number of nitrogens with one attached hydrogen (secondary N) is 2. The Labute approximate surface area is 202 Å². The van der Waals surface area contributed by atoms with Gasteiger partial charge in [-0.1, -0.05) is 19.1 Å². The van der Waals surface area contributed by atoms with Gasteiger partial charge < -0.3 is 14.8 Å². The molecule has 3 aromatic rings. The molecule has 1 unspecified atom stereocenters. The number of nitrogens with zero attached hydrogens (tertiary/aromatic N) is 1. The minimum Gasteiger partial charge on any atom is -0.497 e. The molecule has 7 nitrogen and oxygen atoms in total. The highest BCUT2D eigenvalue weighted by molar-refractivity contribution is 7.83. The maximum absolute atomic E-state index is 13.1. The third-order valence-electron chi connectivity index (χ3n) is 5.73. The van der Waals surface area contributed by atoms with Crippen LogP contribution in [0, 0.1) is 0 Å². The third kappa shape index (κ3) is 5.46. The zero-order valence-electron chi connectivity index (χ0n) is 19.8. The summed E-state index contributed by atoms with van der Waals surface area (Å²) in [5.41, 5.74) is 2.44. The number of fused-ring (bicyclic) bond motifs is 1. The topological polar surface area (TPSA) is 89.5 Å². The van der Waals surface area contributed by atoms with Gasteiger partial charge in [0.25, 0.3) is 5.91 Å². The fraction of sp³-hybridized carbons (Fsp3) is 0.308. The Balaban J connectivity index is 1.56. The quantitative estimate of drug-likeness (QED) is 0.507. The number of rotatable bonds is 7. The molecule has 2 atom stereocenters. The van der Waals surface area contributed by atoms with E-state index in [4.69, 9.17) is 9.47 Å². The van der Waals surface area contributed by atoms with Crippen LogP contribution in [0.25, 0.3) is 0 Å². The van der Waals surface area contributed by atoms with Gasteiger partial charge in [-0.05, 0) is 68.3 Å². The number of pyridine rings is 1. The van der Waals surface area contributed by atoms with Gasteiger partial charge >= 0.3 is 0 Å². The number of carbonyl (C=O) groups excluding carboxylic acids is 1. The zero-order valence-corrected chi connectivity index (χ0v) is 20.6. The fourth-order valence-corrected chi connectivity index (χ4v) is 4.85. The van der Waals surface area contributed by atoms with Crippen LogP contribution in [0.5, 0.6) is 11.6 Å². The van der Waals surface area contributed by atoms with Crippen molar-refractivity contribution < 1.29 is 18.5 Å². The highest BCUT2D eigenvalue weighted by Gasteiger charge is 2.36. The Morgan fingerprint density at radius 1 is 1.18 bits per heavy atom. The van der Waals surface area contributed by atoms with Crippen LogP contribution in [-0.4, -0.2) is 27.8 Å². The standard InChI is InChI=1S/C26H29N3O4S/c1-5-17-6-12-21(13-7-17)34(31)29-23-15-26(2,3)33-25-22(23)14-18(16-27-25)24(30)28-19-8-10-20(32-4)11-9-19/h6-14,16,23,29H,5,15H2,1-4H3,(H,28,30)/t23-,34?/m0/s1. The monoisotopic (exact) mass is 479 g/mol. The first-order valence-corrected chi connectivity index (χ1v) is 12.3. The minimum atomic E-state index is -1.43. The highest BCUT2D eigenvalue weighted by atomic mass is 32.2. The lowest BCUT2D eigenvalue weighted by Gasteiger charge is -2.36. The maximum Gasteiger partial charge on any atom is 0.257 e. The molecule has 0 spiro atoms. The largest absolute Gasteiger partial charge is 0.497 e. The van der Waals surface area contributed by atoms with E-state index >= 15 is 0 Å². The van der Waals surface area contributed by atoms with Gasteiger partial charge in [0.1, 0.15) is 22.3 Å². The van der Waals surface area contributed by atoms with Crippen molar-refractivity contribution in [2.75, 3.05) is 12.4 Å². The lowest BCUT2D eigenvalue weighted by atomic mass is 9.91. The van der Waals surface area contributed by atoms with Crippen LogP contribution < -0.4 is 19.5 Å². The lowest BCUT2D eigenvalue weighted by molar-refractivity contribution is 0.0642. The number of amides is 1. The molecule has 0 aliphatic carbocycles. The number of aromatic nitrogens is 1. The van der Waals surface area contributed by atoms with Gasteiger partial charge in [-0.3, -0.25) is 4.79 Å². The van der Waals surface area contributed by atoms with Crippen molar-refractivity contribution in [2.45, 2.75) is 50.2 Å². The Morgan fingerprint density at radius 2 is 1.88 bits per heavy atom. The fourth-order valence-electron chi connectivity index (χ4n) is 3.86. The number of ether oxygens (including phenoxy) is 2. The highest BCUT2D eigenvalue weighted by Crippen LogP contribution is 2.39. The number of benzene rings is 2. The Kier molecular flexibility index (Phi) is 7.00. The van der Waals surface area contributed by atoms with Crippen molar-refractivity contribution in [3.8, 4) is 11.6 Å². The first-order chi connectivity index (χ1) is 16.3. The molecule has 0 saturated heterocycles. The molecule has 1 aromatic heterocycles. The third-order valence-corrected chi connectivity index (χ3v) is 6.93. The van der Waals surface area contributed by atoms with Crippen molar-refractivity contribution in [1.82, 2.24) is 9.71 Å². The second kappa shape index (κ2) is 9.95. The van der Waals surface area contributed by atoms with Crippen LogP contribution in [0.2, 0.25) is 0 Å². The first-order valence-electron chi connectivity index (χ1n) is 11.2. The van der Waals surface area contributed by atoms with Crippen molar-refractivity contribution in [2.24, 2.45) is 0 Å². The van der Waals surface area contributed by atoms with Gasteiger partial charge in [0.2, 0.25) is 5.88 Å². The first kappa shape index (κ1) is 23.9. The summed E-state index contributed by atoms with van der Waals surface area (Å²) in [6.45, 7) is 6.02. The van der Waals surface area contributed by atoms with Gasteiger partial charge in [0, 0.05) is 23.9 Å².